The maximum absolute atomic E-state index is 11.7. The van der Waals surface area contributed by atoms with E-state index in [9.17, 15) is 4.79 Å². The number of nitrogens with zero attached hydrogens (tertiary/aromatic N) is 1. The average Bonchev–Trinajstić information content (AvgIpc) is 2.71. The minimum Gasteiger partial charge on any atom is -0.442 e. The third-order valence-electron chi connectivity index (χ3n) is 1.94. The van der Waals surface area contributed by atoms with E-state index in [1.807, 2.05) is 19.1 Å². The first-order valence-electron chi connectivity index (χ1n) is 4.28. The summed E-state index contributed by atoms with van der Waals surface area (Å²) in [5, 5.41) is 0. The molecular formula is C11H9NO2. The summed E-state index contributed by atoms with van der Waals surface area (Å²) in [5.74, 6) is -0.0520. The molecule has 0 saturated carbocycles. The van der Waals surface area contributed by atoms with Gasteiger partial charge in [0.05, 0.1) is 6.20 Å². The third-order valence-corrected chi connectivity index (χ3v) is 1.94. The van der Waals surface area contributed by atoms with Crippen LogP contribution in [0.1, 0.15) is 21.8 Å². The van der Waals surface area contributed by atoms with Crippen molar-refractivity contribution in [1.29, 1.82) is 0 Å². The van der Waals surface area contributed by atoms with Gasteiger partial charge in [-0.15, -0.1) is 0 Å². The van der Waals surface area contributed by atoms with Crippen LogP contribution in [0.4, 0.5) is 0 Å². The maximum Gasteiger partial charge on any atom is 0.268 e. The highest BCUT2D eigenvalue weighted by atomic mass is 16.3. The highest BCUT2D eigenvalue weighted by Crippen LogP contribution is 2.08. The zero-order valence-electron chi connectivity index (χ0n) is 7.73. The second kappa shape index (κ2) is 3.46. The molecule has 2 aromatic rings. The number of aryl methyl sites for hydroxylation is 1. The predicted octanol–water partition coefficient (Wildman–Crippen LogP) is 2.21. The molecule has 3 heteroatoms. The van der Waals surface area contributed by atoms with E-state index in [-0.39, 0.29) is 11.7 Å². The molecule has 0 fully saturated rings. The molecule has 0 saturated heterocycles. The van der Waals surface area contributed by atoms with E-state index in [1.54, 1.807) is 12.1 Å². The van der Waals surface area contributed by atoms with Crippen LogP contribution >= 0.6 is 0 Å². The smallest absolute Gasteiger partial charge is 0.268 e. The summed E-state index contributed by atoms with van der Waals surface area (Å²) in [5.41, 5.74) is 1.71. The molecule has 0 N–H and O–H groups in total. The van der Waals surface area contributed by atoms with Crippen molar-refractivity contribution in [3.05, 3.63) is 53.7 Å². The van der Waals surface area contributed by atoms with Crippen LogP contribution in [0.2, 0.25) is 0 Å². The van der Waals surface area contributed by atoms with Gasteiger partial charge in [-0.1, -0.05) is 29.8 Å². The van der Waals surface area contributed by atoms with Crippen molar-refractivity contribution in [1.82, 2.24) is 4.98 Å². The lowest BCUT2D eigenvalue weighted by atomic mass is 10.1. The van der Waals surface area contributed by atoms with Crippen LogP contribution in [-0.2, 0) is 0 Å². The molecule has 14 heavy (non-hydrogen) atoms. The normalized spacial score (nSPS) is 10.1. The first-order valence-corrected chi connectivity index (χ1v) is 4.28. The molecule has 0 amide bonds. The Morgan fingerprint density at radius 3 is 2.57 bits per heavy atom. The van der Waals surface area contributed by atoms with E-state index in [1.165, 1.54) is 12.5 Å². The minimum atomic E-state index is -0.185. The number of oxazole rings is 1. The lowest BCUT2D eigenvalue weighted by molar-refractivity contribution is 0.100. The van der Waals surface area contributed by atoms with Crippen molar-refractivity contribution in [3.8, 4) is 0 Å². The monoisotopic (exact) mass is 187 g/mol. The fourth-order valence-electron chi connectivity index (χ4n) is 1.16. The Bertz CT molecular complexity index is 429. The Morgan fingerprint density at radius 1 is 1.29 bits per heavy atom. The Kier molecular flexibility index (Phi) is 2.14. The highest BCUT2D eigenvalue weighted by molar-refractivity contribution is 6.05. The van der Waals surface area contributed by atoms with Gasteiger partial charge in [-0.05, 0) is 6.92 Å². The fraction of sp³-hybridized carbons (Fsp3) is 0.0909. The van der Waals surface area contributed by atoms with Crippen molar-refractivity contribution >= 4 is 5.78 Å². The van der Waals surface area contributed by atoms with Gasteiger partial charge in [0.15, 0.2) is 0 Å². The van der Waals surface area contributed by atoms with Crippen LogP contribution in [-0.4, -0.2) is 10.8 Å². The van der Waals surface area contributed by atoms with E-state index < -0.39 is 0 Å². The molecular weight excluding hydrogens is 178 g/mol. The molecule has 1 aromatic heterocycles. The lowest BCUT2D eigenvalue weighted by Crippen LogP contribution is -2.00. The van der Waals surface area contributed by atoms with Crippen LogP contribution < -0.4 is 0 Å². The Labute approximate surface area is 81.4 Å². The summed E-state index contributed by atoms with van der Waals surface area (Å²) < 4.78 is 4.92. The number of aromatic nitrogens is 1. The van der Waals surface area contributed by atoms with Crippen molar-refractivity contribution in [2.24, 2.45) is 0 Å². The molecule has 0 bridgehead atoms. The van der Waals surface area contributed by atoms with E-state index in [0.717, 1.165) is 5.56 Å². The van der Waals surface area contributed by atoms with Crippen molar-refractivity contribution in [2.45, 2.75) is 6.92 Å². The molecule has 1 aromatic carbocycles. The van der Waals surface area contributed by atoms with Crippen molar-refractivity contribution < 1.29 is 9.21 Å². The van der Waals surface area contributed by atoms with Gasteiger partial charge in [0, 0.05) is 5.56 Å². The van der Waals surface area contributed by atoms with Gasteiger partial charge in [0.1, 0.15) is 6.26 Å². The van der Waals surface area contributed by atoms with Gasteiger partial charge >= 0.3 is 0 Å². The van der Waals surface area contributed by atoms with Crippen LogP contribution in [0, 0.1) is 6.92 Å². The van der Waals surface area contributed by atoms with E-state index >= 15 is 0 Å². The molecule has 0 aliphatic heterocycles. The third kappa shape index (κ3) is 1.57. The predicted molar refractivity (Wildman–Crippen MR) is 51.1 cm³/mol. The van der Waals surface area contributed by atoms with Gasteiger partial charge in [-0.25, -0.2) is 4.98 Å². The van der Waals surface area contributed by atoms with Gasteiger partial charge in [-0.2, -0.15) is 0 Å². The number of hydrogen-bond donors (Lipinski definition) is 0. The quantitative estimate of drug-likeness (QED) is 0.677. The first-order chi connectivity index (χ1) is 6.77. The number of benzene rings is 1. The molecule has 0 spiro atoms. The van der Waals surface area contributed by atoms with Gasteiger partial charge in [-0.3, -0.25) is 4.79 Å². The molecule has 3 nitrogen and oxygen atoms in total. The summed E-state index contributed by atoms with van der Waals surface area (Å²) in [6, 6.07) is 7.30. The molecule has 1 heterocycles. The summed E-state index contributed by atoms with van der Waals surface area (Å²) in [6.07, 6.45) is 2.85. The summed E-state index contributed by atoms with van der Waals surface area (Å²) in [4.78, 5) is 15.5. The average molecular weight is 187 g/mol. The molecule has 70 valence electrons. The van der Waals surface area contributed by atoms with E-state index in [0.29, 0.717) is 5.56 Å². The Hall–Kier alpha value is -1.90. The summed E-state index contributed by atoms with van der Waals surface area (Å²) >= 11 is 0. The van der Waals surface area contributed by atoms with Gasteiger partial charge in [0.2, 0.25) is 5.78 Å². The lowest BCUT2D eigenvalue weighted by Gasteiger charge is -1.96. The molecule has 0 unspecified atom stereocenters. The zero-order valence-corrected chi connectivity index (χ0v) is 7.73. The highest BCUT2D eigenvalue weighted by Gasteiger charge is 2.12. The van der Waals surface area contributed by atoms with Gasteiger partial charge < -0.3 is 4.42 Å². The number of carbonyl (C=O) groups excluding carboxylic acids is 1. The fourth-order valence-corrected chi connectivity index (χ4v) is 1.16. The topological polar surface area (TPSA) is 43.1 Å². The van der Waals surface area contributed by atoms with E-state index in [4.69, 9.17) is 4.42 Å². The van der Waals surface area contributed by atoms with Crippen LogP contribution in [0.5, 0.6) is 0 Å². The zero-order chi connectivity index (χ0) is 9.97. The Balaban J connectivity index is 2.33. The second-order valence-electron chi connectivity index (χ2n) is 3.03. The number of ketones is 1. The second-order valence-corrected chi connectivity index (χ2v) is 3.03. The molecule has 0 radical (unpaired) electrons. The summed E-state index contributed by atoms with van der Waals surface area (Å²) in [6.45, 7) is 1.97. The van der Waals surface area contributed by atoms with Crippen molar-refractivity contribution in [3.63, 3.8) is 0 Å². The molecule has 0 aliphatic carbocycles. The Morgan fingerprint density at radius 2 is 2.00 bits per heavy atom. The van der Waals surface area contributed by atoms with Crippen molar-refractivity contribution in [2.75, 3.05) is 0 Å². The molecule has 0 atom stereocenters. The molecule has 0 aliphatic rings. The minimum absolute atomic E-state index is 0.133. The maximum atomic E-state index is 11.7. The van der Waals surface area contributed by atoms with Gasteiger partial charge in [0.25, 0.3) is 5.89 Å². The van der Waals surface area contributed by atoms with E-state index in [2.05, 4.69) is 4.98 Å². The van der Waals surface area contributed by atoms with Crippen LogP contribution in [0.15, 0.2) is 41.1 Å². The standard InChI is InChI=1S/C11H9NO2/c1-8-2-4-9(5-3-8)10(13)11-12-6-7-14-11/h2-7H,1H3. The largest absolute Gasteiger partial charge is 0.442 e. The number of carbonyl (C=O) groups is 1. The van der Waals surface area contributed by atoms with Crippen LogP contribution in [0.3, 0.4) is 0 Å². The molecule has 2 rings (SSSR count). The SMILES string of the molecule is Cc1ccc(C(=O)c2ncco2)cc1. The van der Waals surface area contributed by atoms with Crippen LogP contribution in [0.25, 0.3) is 0 Å². The number of hydrogen-bond acceptors (Lipinski definition) is 3. The number of rotatable bonds is 2. The summed E-state index contributed by atoms with van der Waals surface area (Å²) in [7, 11) is 0. The first kappa shape index (κ1) is 8.69.